The van der Waals surface area contributed by atoms with Gasteiger partial charge in [0, 0.05) is 3.57 Å². The average molecular weight is 509 g/mol. The fourth-order valence-corrected chi connectivity index (χ4v) is 6.65. The maximum atomic E-state index is 11.0. The minimum absolute atomic E-state index is 0.149. The molecule has 2 aliphatic rings. The van der Waals surface area contributed by atoms with Crippen LogP contribution < -0.4 is 0 Å². The van der Waals surface area contributed by atoms with E-state index in [0.717, 1.165) is 18.8 Å². The molecule has 3 rings (SSSR count). The molecular formula is C27H41IO. The SMILES string of the molecule is CCCCC/C=C(\C)[C@@H]1CC[C@H]2[C@H](Cc3ccc(I)cc3)[C@H](O)C[C@@H](C)[C@]2(C)C1. The van der Waals surface area contributed by atoms with Crippen LogP contribution in [0.1, 0.15) is 84.6 Å². The molecule has 2 aliphatic carbocycles. The van der Waals surface area contributed by atoms with Crippen LogP contribution in [-0.4, -0.2) is 11.2 Å². The molecule has 0 unspecified atom stereocenters. The fraction of sp³-hybridized carbons (Fsp3) is 0.704. The molecule has 6 atom stereocenters. The van der Waals surface area contributed by atoms with E-state index in [9.17, 15) is 5.11 Å². The molecule has 2 saturated carbocycles. The van der Waals surface area contributed by atoms with Crippen molar-refractivity contribution >= 4 is 22.6 Å². The van der Waals surface area contributed by atoms with Gasteiger partial charge < -0.3 is 5.11 Å². The second kappa shape index (κ2) is 10.3. The van der Waals surface area contributed by atoms with Crippen molar-refractivity contribution in [2.75, 3.05) is 0 Å². The Balaban J connectivity index is 1.73. The lowest BCUT2D eigenvalue weighted by atomic mass is 9.49. The number of aliphatic hydroxyl groups is 1. The van der Waals surface area contributed by atoms with Crippen LogP contribution in [0.25, 0.3) is 0 Å². The number of halogens is 1. The molecule has 1 nitrogen and oxygen atoms in total. The Hall–Kier alpha value is -0.350. The Morgan fingerprint density at radius 2 is 1.93 bits per heavy atom. The van der Waals surface area contributed by atoms with E-state index in [-0.39, 0.29) is 6.10 Å². The number of fused-ring (bicyclic) bond motifs is 1. The van der Waals surface area contributed by atoms with Gasteiger partial charge in [-0.3, -0.25) is 0 Å². The molecule has 0 amide bonds. The zero-order chi connectivity index (χ0) is 21.0. The van der Waals surface area contributed by atoms with Gasteiger partial charge in [0.1, 0.15) is 0 Å². The zero-order valence-corrected chi connectivity index (χ0v) is 21.1. The van der Waals surface area contributed by atoms with Crippen LogP contribution in [0.15, 0.2) is 35.9 Å². The molecule has 0 aliphatic heterocycles. The number of unbranched alkanes of at least 4 members (excludes halogenated alkanes) is 3. The number of aliphatic hydroxyl groups excluding tert-OH is 1. The quantitative estimate of drug-likeness (QED) is 0.226. The molecule has 2 fully saturated rings. The number of allylic oxidation sites excluding steroid dienone is 2. The van der Waals surface area contributed by atoms with Gasteiger partial charge in [-0.05, 0) is 121 Å². The summed E-state index contributed by atoms with van der Waals surface area (Å²) in [6, 6.07) is 8.93. The predicted octanol–water partition coefficient (Wildman–Crippen LogP) is 7.80. The van der Waals surface area contributed by atoms with E-state index in [1.165, 1.54) is 54.1 Å². The van der Waals surface area contributed by atoms with E-state index in [2.05, 4.69) is 80.6 Å². The summed E-state index contributed by atoms with van der Waals surface area (Å²) in [5.74, 6) is 2.40. The summed E-state index contributed by atoms with van der Waals surface area (Å²) in [5, 5.41) is 11.0. The highest BCUT2D eigenvalue weighted by atomic mass is 127. The minimum Gasteiger partial charge on any atom is -0.393 e. The van der Waals surface area contributed by atoms with Crippen molar-refractivity contribution in [1.82, 2.24) is 0 Å². The molecule has 1 aromatic rings. The van der Waals surface area contributed by atoms with Crippen LogP contribution in [-0.2, 0) is 6.42 Å². The monoisotopic (exact) mass is 508 g/mol. The molecule has 2 heteroatoms. The molecule has 29 heavy (non-hydrogen) atoms. The maximum absolute atomic E-state index is 11.0. The largest absolute Gasteiger partial charge is 0.393 e. The Kier molecular flexibility index (Phi) is 8.29. The smallest absolute Gasteiger partial charge is 0.0577 e. The molecule has 0 saturated heterocycles. The Bertz CT molecular complexity index is 678. The minimum atomic E-state index is -0.149. The molecular weight excluding hydrogens is 467 g/mol. The highest BCUT2D eigenvalue weighted by Gasteiger charge is 2.52. The van der Waals surface area contributed by atoms with E-state index < -0.39 is 0 Å². The van der Waals surface area contributed by atoms with Crippen LogP contribution in [0.3, 0.4) is 0 Å². The van der Waals surface area contributed by atoms with Gasteiger partial charge in [-0.25, -0.2) is 0 Å². The first-order chi connectivity index (χ1) is 13.8. The van der Waals surface area contributed by atoms with Gasteiger partial charge >= 0.3 is 0 Å². The van der Waals surface area contributed by atoms with Crippen molar-refractivity contribution in [2.24, 2.45) is 29.1 Å². The fourth-order valence-electron chi connectivity index (χ4n) is 6.29. The first-order valence-electron chi connectivity index (χ1n) is 11.9. The number of hydrogen-bond donors (Lipinski definition) is 1. The Morgan fingerprint density at radius 1 is 1.21 bits per heavy atom. The molecule has 162 valence electrons. The van der Waals surface area contributed by atoms with Gasteiger partial charge in [0.15, 0.2) is 0 Å². The van der Waals surface area contributed by atoms with E-state index in [1.54, 1.807) is 5.57 Å². The summed E-state index contributed by atoms with van der Waals surface area (Å²) >= 11 is 2.37. The molecule has 1 aromatic carbocycles. The molecule has 1 N–H and O–H groups in total. The third kappa shape index (κ3) is 5.47. The van der Waals surface area contributed by atoms with Crippen LogP contribution in [0.2, 0.25) is 0 Å². The highest BCUT2D eigenvalue weighted by Crippen LogP contribution is 2.58. The Morgan fingerprint density at radius 3 is 2.62 bits per heavy atom. The third-order valence-electron chi connectivity index (χ3n) is 8.39. The van der Waals surface area contributed by atoms with Gasteiger partial charge in [-0.1, -0.05) is 57.4 Å². The lowest BCUT2D eigenvalue weighted by Crippen LogP contribution is -2.52. The van der Waals surface area contributed by atoms with E-state index in [0.29, 0.717) is 23.2 Å². The highest BCUT2D eigenvalue weighted by molar-refractivity contribution is 14.1. The summed E-state index contributed by atoms with van der Waals surface area (Å²) in [6.45, 7) is 9.61. The van der Waals surface area contributed by atoms with Crippen molar-refractivity contribution in [3.63, 3.8) is 0 Å². The van der Waals surface area contributed by atoms with Crippen molar-refractivity contribution in [2.45, 2.75) is 91.6 Å². The molecule has 0 radical (unpaired) electrons. The second-order valence-corrected chi connectivity index (χ2v) is 11.5. The first-order valence-corrected chi connectivity index (χ1v) is 13.0. The normalized spacial score (nSPS) is 35.4. The van der Waals surface area contributed by atoms with Crippen molar-refractivity contribution in [1.29, 1.82) is 0 Å². The predicted molar refractivity (Wildman–Crippen MR) is 133 cm³/mol. The average Bonchev–Trinajstić information content (AvgIpc) is 2.70. The standard InChI is InChI=1S/C27H41IO/c1-5-6-7-8-9-19(2)22-12-15-25-24(17-21-10-13-23(28)14-11-21)26(29)16-20(3)27(25,4)18-22/h9-11,13-14,20,22,24-26,29H,5-8,12,15-18H2,1-4H3/b19-9+/t20-,22-,24+,25+,26-,27+/m1/s1. The van der Waals surface area contributed by atoms with Gasteiger partial charge in [0.2, 0.25) is 0 Å². The third-order valence-corrected chi connectivity index (χ3v) is 9.11. The lowest BCUT2D eigenvalue weighted by molar-refractivity contribution is -0.105. The van der Waals surface area contributed by atoms with Gasteiger partial charge in [-0.2, -0.15) is 0 Å². The van der Waals surface area contributed by atoms with Crippen molar-refractivity contribution in [3.05, 3.63) is 45.0 Å². The lowest BCUT2D eigenvalue weighted by Gasteiger charge is -2.56. The summed E-state index contributed by atoms with van der Waals surface area (Å²) in [7, 11) is 0. The number of benzene rings is 1. The zero-order valence-electron chi connectivity index (χ0n) is 19.0. The topological polar surface area (TPSA) is 20.2 Å². The first kappa shape index (κ1) is 23.3. The van der Waals surface area contributed by atoms with Crippen LogP contribution in [0, 0.1) is 32.7 Å². The summed E-state index contributed by atoms with van der Waals surface area (Å²) in [4.78, 5) is 0. The summed E-state index contributed by atoms with van der Waals surface area (Å²) in [5.41, 5.74) is 3.38. The van der Waals surface area contributed by atoms with E-state index >= 15 is 0 Å². The summed E-state index contributed by atoms with van der Waals surface area (Å²) < 4.78 is 1.29. The van der Waals surface area contributed by atoms with Crippen LogP contribution in [0.5, 0.6) is 0 Å². The summed E-state index contributed by atoms with van der Waals surface area (Å²) in [6.07, 6.45) is 13.5. The Labute approximate surface area is 192 Å². The van der Waals surface area contributed by atoms with Crippen LogP contribution in [0.4, 0.5) is 0 Å². The molecule has 0 bridgehead atoms. The number of rotatable bonds is 7. The van der Waals surface area contributed by atoms with E-state index in [1.807, 2.05) is 0 Å². The van der Waals surface area contributed by atoms with Gasteiger partial charge in [0.05, 0.1) is 6.10 Å². The van der Waals surface area contributed by atoms with Crippen molar-refractivity contribution in [3.8, 4) is 0 Å². The maximum Gasteiger partial charge on any atom is 0.0577 e. The number of hydrogen-bond acceptors (Lipinski definition) is 1. The van der Waals surface area contributed by atoms with Gasteiger partial charge in [-0.15, -0.1) is 0 Å². The molecule has 0 spiro atoms. The second-order valence-electron chi connectivity index (χ2n) is 10.2. The van der Waals surface area contributed by atoms with Crippen molar-refractivity contribution < 1.29 is 5.11 Å². The van der Waals surface area contributed by atoms with Crippen LogP contribution >= 0.6 is 22.6 Å². The van der Waals surface area contributed by atoms with E-state index in [4.69, 9.17) is 0 Å². The van der Waals surface area contributed by atoms with Gasteiger partial charge in [0.25, 0.3) is 0 Å². The molecule has 0 aromatic heterocycles. The molecule has 0 heterocycles.